The summed E-state index contributed by atoms with van der Waals surface area (Å²) < 4.78 is 7.00. The largest absolute Gasteiger partial charge is 0.379 e. The standard InChI is InChI=1S/C12H15N5O2/c13-12(4-6-19-8-12)11(18)14-7-10-16-15-9-3-1-2-5-17(9)10/h1-3,5H,4,6-8,13H2,(H,14,18). The summed E-state index contributed by atoms with van der Waals surface area (Å²) in [5.74, 6) is 0.462. The molecule has 100 valence electrons. The lowest BCUT2D eigenvalue weighted by atomic mass is 9.99. The molecular formula is C12H15N5O2. The molecule has 0 aliphatic carbocycles. The average molecular weight is 261 g/mol. The number of rotatable bonds is 3. The van der Waals surface area contributed by atoms with Crippen LogP contribution in [0.5, 0.6) is 0 Å². The number of carbonyl (C=O) groups is 1. The molecule has 7 heteroatoms. The van der Waals surface area contributed by atoms with Crippen molar-refractivity contribution in [2.24, 2.45) is 5.73 Å². The summed E-state index contributed by atoms with van der Waals surface area (Å²) in [6.45, 7) is 1.08. The molecular weight excluding hydrogens is 246 g/mol. The van der Waals surface area contributed by atoms with Gasteiger partial charge in [0.05, 0.1) is 13.2 Å². The molecule has 0 radical (unpaired) electrons. The predicted octanol–water partition coefficient (Wildman–Crippen LogP) is -0.537. The van der Waals surface area contributed by atoms with Crippen molar-refractivity contribution < 1.29 is 9.53 Å². The molecule has 3 heterocycles. The van der Waals surface area contributed by atoms with Crippen LogP contribution in [-0.2, 0) is 16.1 Å². The Morgan fingerprint density at radius 3 is 3.21 bits per heavy atom. The van der Waals surface area contributed by atoms with Crippen LogP contribution in [0, 0.1) is 0 Å². The summed E-state index contributed by atoms with van der Waals surface area (Å²) in [4.78, 5) is 12.0. The molecule has 0 aromatic carbocycles. The van der Waals surface area contributed by atoms with Crippen LogP contribution in [0.1, 0.15) is 12.2 Å². The fourth-order valence-corrected chi connectivity index (χ4v) is 2.11. The van der Waals surface area contributed by atoms with E-state index in [9.17, 15) is 4.79 Å². The van der Waals surface area contributed by atoms with Crippen molar-refractivity contribution >= 4 is 11.6 Å². The highest BCUT2D eigenvalue weighted by molar-refractivity contribution is 5.86. The monoisotopic (exact) mass is 261 g/mol. The summed E-state index contributed by atoms with van der Waals surface area (Å²) in [6.07, 6.45) is 2.40. The SMILES string of the molecule is NC1(C(=O)NCc2nnc3ccccn23)CCOC1. The minimum absolute atomic E-state index is 0.210. The maximum atomic E-state index is 12.0. The van der Waals surface area contributed by atoms with Gasteiger partial charge in [-0.2, -0.15) is 0 Å². The Kier molecular flexibility index (Phi) is 2.92. The second-order valence-corrected chi connectivity index (χ2v) is 4.69. The molecule has 7 nitrogen and oxygen atoms in total. The molecule has 0 bridgehead atoms. The van der Waals surface area contributed by atoms with Gasteiger partial charge in [0.2, 0.25) is 5.91 Å². The first-order valence-electron chi connectivity index (χ1n) is 6.13. The molecule has 1 atom stereocenters. The molecule has 1 amide bonds. The molecule has 0 saturated carbocycles. The third-order valence-corrected chi connectivity index (χ3v) is 3.30. The summed E-state index contributed by atoms with van der Waals surface area (Å²) in [5.41, 5.74) is 5.81. The summed E-state index contributed by atoms with van der Waals surface area (Å²) >= 11 is 0. The molecule has 0 spiro atoms. The number of nitrogens with zero attached hydrogens (tertiary/aromatic N) is 3. The third kappa shape index (κ3) is 2.18. The fourth-order valence-electron chi connectivity index (χ4n) is 2.11. The number of hydrogen-bond donors (Lipinski definition) is 2. The van der Waals surface area contributed by atoms with Crippen LogP contribution < -0.4 is 11.1 Å². The minimum Gasteiger partial charge on any atom is -0.379 e. The first kappa shape index (κ1) is 12.1. The number of fused-ring (bicyclic) bond motifs is 1. The van der Waals surface area contributed by atoms with E-state index >= 15 is 0 Å². The number of nitrogens with two attached hydrogens (primary N) is 1. The number of ether oxygens (including phenoxy) is 1. The number of carbonyl (C=O) groups excluding carboxylic acids is 1. The quantitative estimate of drug-likeness (QED) is 0.774. The van der Waals surface area contributed by atoms with Crippen molar-refractivity contribution in [3.8, 4) is 0 Å². The van der Waals surface area contributed by atoms with Crippen LogP contribution in [0.4, 0.5) is 0 Å². The number of hydrogen-bond acceptors (Lipinski definition) is 5. The van der Waals surface area contributed by atoms with Gasteiger partial charge < -0.3 is 15.8 Å². The van der Waals surface area contributed by atoms with Crippen molar-refractivity contribution in [1.29, 1.82) is 0 Å². The van der Waals surface area contributed by atoms with E-state index in [1.807, 2.05) is 28.8 Å². The molecule has 1 unspecified atom stereocenters. The van der Waals surface area contributed by atoms with Crippen molar-refractivity contribution in [3.63, 3.8) is 0 Å². The molecule has 1 fully saturated rings. The Hall–Kier alpha value is -1.99. The Bertz CT molecular complexity index is 603. The first-order valence-corrected chi connectivity index (χ1v) is 6.13. The molecule has 2 aromatic heterocycles. The highest BCUT2D eigenvalue weighted by Gasteiger charge is 2.38. The van der Waals surface area contributed by atoms with Crippen LogP contribution >= 0.6 is 0 Å². The maximum absolute atomic E-state index is 12.0. The van der Waals surface area contributed by atoms with Gasteiger partial charge in [-0.15, -0.1) is 10.2 Å². The summed E-state index contributed by atoms with van der Waals surface area (Å²) in [6, 6.07) is 5.63. The van der Waals surface area contributed by atoms with E-state index in [0.717, 1.165) is 5.65 Å². The predicted molar refractivity (Wildman–Crippen MR) is 67.2 cm³/mol. The molecule has 1 aliphatic rings. The van der Waals surface area contributed by atoms with Gasteiger partial charge in [0.15, 0.2) is 11.5 Å². The van der Waals surface area contributed by atoms with Gasteiger partial charge >= 0.3 is 0 Å². The molecule has 3 rings (SSSR count). The van der Waals surface area contributed by atoms with Gasteiger partial charge in [-0.1, -0.05) is 6.07 Å². The van der Waals surface area contributed by atoms with E-state index < -0.39 is 5.54 Å². The number of aromatic nitrogens is 3. The average Bonchev–Trinajstić information content (AvgIpc) is 3.03. The zero-order valence-electron chi connectivity index (χ0n) is 10.4. The van der Waals surface area contributed by atoms with E-state index in [-0.39, 0.29) is 12.5 Å². The number of amides is 1. The second-order valence-electron chi connectivity index (χ2n) is 4.69. The van der Waals surface area contributed by atoms with Crippen LogP contribution in [0.15, 0.2) is 24.4 Å². The van der Waals surface area contributed by atoms with E-state index in [1.165, 1.54) is 0 Å². The Morgan fingerprint density at radius 1 is 1.53 bits per heavy atom. The highest BCUT2D eigenvalue weighted by Crippen LogP contribution is 2.15. The van der Waals surface area contributed by atoms with Gasteiger partial charge in [0.1, 0.15) is 5.54 Å². The fraction of sp³-hybridized carbons (Fsp3) is 0.417. The van der Waals surface area contributed by atoms with Crippen LogP contribution in [0.2, 0.25) is 0 Å². The number of nitrogens with one attached hydrogen (secondary N) is 1. The van der Waals surface area contributed by atoms with E-state index in [4.69, 9.17) is 10.5 Å². The smallest absolute Gasteiger partial charge is 0.242 e. The van der Waals surface area contributed by atoms with Gasteiger partial charge in [0, 0.05) is 12.8 Å². The highest BCUT2D eigenvalue weighted by atomic mass is 16.5. The lowest BCUT2D eigenvalue weighted by Gasteiger charge is -2.20. The van der Waals surface area contributed by atoms with Crippen molar-refractivity contribution in [2.45, 2.75) is 18.5 Å². The zero-order chi connectivity index (χ0) is 13.3. The Morgan fingerprint density at radius 2 is 2.42 bits per heavy atom. The van der Waals surface area contributed by atoms with Crippen LogP contribution in [0.3, 0.4) is 0 Å². The minimum atomic E-state index is -0.916. The third-order valence-electron chi connectivity index (χ3n) is 3.30. The molecule has 3 N–H and O–H groups in total. The van der Waals surface area contributed by atoms with Gasteiger partial charge in [-0.05, 0) is 18.6 Å². The first-order chi connectivity index (χ1) is 9.19. The van der Waals surface area contributed by atoms with Crippen molar-refractivity contribution in [2.75, 3.05) is 13.2 Å². The van der Waals surface area contributed by atoms with Crippen molar-refractivity contribution in [1.82, 2.24) is 19.9 Å². The summed E-state index contributed by atoms with van der Waals surface area (Å²) in [7, 11) is 0. The molecule has 2 aromatic rings. The zero-order valence-corrected chi connectivity index (χ0v) is 10.4. The lowest BCUT2D eigenvalue weighted by molar-refractivity contribution is -0.126. The van der Waals surface area contributed by atoms with E-state index in [1.54, 1.807) is 0 Å². The normalized spacial score (nSPS) is 22.8. The Labute approximate surface area is 109 Å². The Balaban J connectivity index is 1.71. The summed E-state index contributed by atoms with van der Waals surface area (Å²) in [5, 5.41) is 10.9. The van der Waals surface area contributed by atoms with Crippen LogP contribution in [-0.4, -0.2) is 39.3 Å². The molecule has 1 saturated heterocycles. The van der Waals surface area contributed by atoms with Crippen LogP contribution in [0.25, 0.3) is 5.65 Å². The van der Waals surface area contributed by atoms with Gasteiger partial charge in [-0.25, -0.2) is 0 Å². The molecule has 1 aliphatic heterocycles. The lowest BCUT2D eigenvalue weighted by Crippen LogP contribution is -2.54. The molecule has 19 heavy (non-hydrogen) atoms. The number of pyridine rings is 1. The van der Waals surface area contributed by atoms with E-state index in [2.05, 4.69) is 15.5 Å². The van der Waals surface area contributed by atoms with Crippen molar-refractivity contribution in [3.05, 3.63) is 30.2 Å². The topological polar surface area (TPSA) is 94.5 Å². The van der Waals surface area contributed by atoms with E-state index in [0.29, 0.717) is 25.4 Å². The maximum Gasteiger partial charge on any atom is 0.242 e. The van der Waals surface area contributed by atoms with Gasteiger partial charge in [-0.3, -0.25) is 9.20 Å². The van der Waals surface area contributed by atoms with Gasteiger partial charge in [0.25, 0.3) is 0 Å². The second kappa shape index (κ2) is 4.60.